The molecule has 0 saturated carbocycles. The lowest BCUT2D eigenvalue weighted by molar-refractivity contribution is 0.0929. The first-order valence-corrected chi connectivity index (χ1v) is 10.9. The molecule has 0 aliphatic carbocycles. The third-order valence-corrected chi connectivity index (χ3v) is 5.53. The number of nitrogens with zero attached hydrogens (tertiary/aromatic N) is 3. The molecule has 32 heavy (non-hydrogen) atoms. The summed E-state index contributed by atoms with van der Waals surface area (Å²) in [5.41, 5.74) is 1.88. The second-order valence-corrected chi connectivity index (χ2v) is 8.45. The molecule has 2 aromatic carbocycles. The van der Waals surface area contributed by atoms with E-state index < -0.39 is 17.2 Å². The van der Waals surface area contributed by atoms with Crippen LogP contribution in [0.2, 0.25) is 0 Å². The van der Waals surface area contributed by atoms with Crippen LogP contribution in [0.5, 0.6) is 0 Å². The molecule has 3 rings (SSSR count). The van der Waals surface area contributed by atoms with Crippen LogP contribution in [0.25, 0.3) is 5.69 Å². The van der Waals surface area contributed by atoms with Crippen LogP contribution in [0, 0.1) is 6.92 Å². The van der Waals surface area contributed by atoms with Crippen molar-refractivity contribution < 1.29 is 4.79 Å². The molecule has 7 heteroatoms. The smallest absolute Gasteiger partial charge is 0.348 e. The summed E-state index contributed by atoms with van der Waals surface area (Å²) in [5, 5.41) is 6.96. The number of aromatic nitrogens is 3. The predicted molar refractivity (Wildman–Crippen MR) is 126 cm³/mol. The quantitative estimate of drug-likeness (QED) is 0.618. The zero-order valence-corrected chi connectivity index (χ0v) is 19.3. The first-order chi connectivity index (χ1) is 15.2. The van der Waals surface area contributed by atoms with Gasteiger partial charge in [-0.1, -0.05) is 62.7 Å². The summed E-state index contributed by atoms with van der Waals surface area (Å²) in [7, 11) is 0. The molecule has 1 N–H and O–H groups in total. The van der Waals surface area contributed by atoms with Crippen LogP contribution in [-0.4, -0.2) is 26.3 Å². The van der Waals surface area contributed by atoms with Gasteiger partial charge in [-0.2, -0.15) is 9.78 Å². The lowest BCUT2D eigenvalue weighted by Gasteiger charge is -2.15. The molecule has 7 nitrogen and oxygen atoms in total. The Morgan fingerprint density at radius 1 is 1.00 bits per heavy atom. The summed E-state index contributed by atoms with van der Waals surface area (Å²) in [4.78, 5) is 39.2. The minimum absolute atomic E-state index is 0.0498. The highest BCUT2D eigenvalue weighted by Crippen LogP contribution is 2.15. The van der Waals surface area contributed by atoms with Gasteiger partial charge in [0.2, 0.25) is 5.69 Å². The Morgan fingerprint density at radius 3 is 2.19 bits per heavy atom. The topological polar surface area (TPSA) is 86.0 Å². The molecule has 0 bridgehead atoms. The van der Waals surface area contributed by atoms with Crippen molar-refractivity contribution in [3.63, 3.8) is 0 Å². The lowest BCUT2D eigenvalue weighted by atomic mass is 10.0. The number of benzene rings is 2. The fourth-order valence-corrected chi connectivity index (χ4v) is 3.24. The minimum Gasteiger partial charge on any atom is -0.348 e. The van der Waals surface area contributed by atoms with Crippen LogP contribution in [-0.2, 0) is 6.54 Å². The number of hydrogen-bond acceptors (Lipinski definition) is 4. The third kappa shape index (κ3) is 5.04. The second-order valence-electron chi connectivity index (χ2n) is 8.45. The van der Waals surface area contributed by atoms with Crippen molar-refractivity contribution in [2.75, 3.05) is 0 Å². The normalized spacial score (nSPS) is 12.1. The van der Waals surface area contributed by atoms with Gasteiger partial charge in [-0.05, 0) is 49.4 Å². The Morgan fingerprint density at radius 2 is 1.62 bits per heavy atom. The van der Waals surface area contributed by atoms with E-state index >= 15 is 0 Å². The van der Waals surface area contributed by atoms with E-state index in [-0.39, 0.29) is 18.3 Å². The number of aryl methyl sites for hydroxylation is 1. The van der Waals surface area contributed by atoms with Crippen LogP contribution in [0.1, 0.15) is 67.2 Å². The maximum atomic E-state index is 13.3. The standard InChI is InChI=1S/C25H30N4O3/c1-6-18(5)26-23(30)22-24(31)28(15-19-9-7-17(4)8-10-19)25(32)29(27-22)21-13-11-20(12-14-21)16(2)3/h7-14,16,18H,6,15H2,1-5H3,(H,26,30)/t18-/m1/s1. The van der Waals surface area contributed by atoms with E-state index in [1.807, 2.05) is 57.2 Å². The zero-order valence-electron chi connectivity index (χ0n) is 19.3. The van der Waals surface area contributed by atoms with Gasteiger partial charge in [-0.3, -0.25) is 14.2 Å². The second kappa shape index (κ2) is 9.77. The highest BCUT2D eigenvalue weighted by molar-refractivity contribution is 5.91. The molecular weight excluding hydrogens is 404 g/mol. The maximum absolute atomic E-state index is 13.3. The third-order valence-electron chi connectivity index (χ3n) is 5.53. The average molecular weight is 435 g/mol. The van der Waals surface area contributed by atoms with Crippen LogP contribution >= 0.6 is 0 Å². The van der Waals surface area contributed by atoms with Crippen molar-refractivity contribution >= 4 is 5.91 Å². The van der Waals surface area contributed by atoms with Gasteiger partial charge < -0.3 is 5.32 Å². The van der Waals surface area contributed by atoms with Crippen LogP contribution in [0.3, 0.4) is 0 Å². The highest BCUT2D eigenvalue weighted by Gasteiger charge is 2.21. The maximum Gasteiger partial charge on any atom is 0.352 e. The summed E-state index contributed by atoms with van der Waals surface area (Å²) in [6.45, 7) is 9.97. The number of carbonyl (C=O) groups excluding carboxylic acids is 1. The first kappa shape index (κ1) is 23.2. The summed E-state index contributed by atoms with van der Waals surface area (Å²) < 4.78 is 2.20. The Balaban J connectivity index is 2.16. The predicted octanol–water partition coefficient (Wildman–Crippen LogP) is 3.40. The molecule has 1 heterocycles. The molecule has 0 fully saturated rings. The zero-order chi connectivity index (χ0) is 23.4. The van der Waals surface area contributed by atoms with Gasteiger partial charge in [0.05, 0.1) is 12.2 Å². The summed E-state index contributed by atoms with van der Waals surface area (Å²) in [6, 6.07) is 14.8. The SMILES string of the molecule is CC[C@@H](C)NC(=O)c1nn(-c2ccc(C(C)C)cc2)c(=O)n(Cc2ccc(C)cc2)c1=O. The number of hydrogen-bond donors (Lipinski definition) is 1. The lowest BCUT2D eigenvalue weighted by Crippen LogP contribution is -2.47. The van der Waals surface area contributed by atoms with Gasteiger partial charge in [-0.15, -0.1) is 0 Å². The summed E-state index contributed by atoms with van der Waals surface area (Å²) in [6.07, 6.45) is 0.708. The molecule has 168 valence electrons. The molecule has 0 spiro atoms. The molecule has 0 aliphatic rings. The molecule has 0 unspecified atom stereocenters. The molecule has 0 aliphatic heterocycles. The van der Waals surface area contributed by atoms with Gasteiger partial charge in [0, 0.05) is 6.04 Å². The van der Waals surface area contributed by atoms with Crippen molar-refractivity contribution in [2.45, 2.75) is 59.5 Å². The Labute approximate surface area is 187 Å². The number of rotatable bonds is 7. The number of nitrogens with one attached hydrogen (secondary N) is 1. The van der Waals surface area contributed by atoms with Crippen molar-refractivity contribution in [3.8, 4) is 5.69 Å². The molecule has 0 radical (unpaired) electrons. The molecule has 1 aromatic heterocycles. The van der Waals surface area contributed by atoms with E-state index in [9.17, 15) is 14.4 Å². The van der Waals surface area contributed by atoms with Crippen molar-refractivity contribution in [2.24, 2.45) is 0 Å². The Kier molecular flexibility index (Phi) is 7.08. The minimum atomic E-state index is -0.702. The number of carbonyl (C=O) groups is 1. The highest BCUT2D eigenvalue weighted by atomic mass is 16.2. The fourth-order valence-electron chi connectivity index (χ4n) is 3.24. The van der Waals surface area contributed by atoms with E-state index in [1.165, 1.54) is 0 Å². The largest absolute Gasteiger partial charge is 0.352 e. The molecular formula is C25H30N4O3. The first-order valence-electron chi connectivity index (χ1n) is 10.9. The summed E-state index contributed by atoms with van der Waals surface area (Å²) >= 11 is 0. The fraction of sp³-hybridized carbons (Fsp3) is 0.360. The average Bonchev–Trinajstić information content (AvgIpc) is 2.78. The van der Waals surface area contributed by atoms with Crippen molar-refractivity contribution in [3.05, 3.63) is 91.8 Å². The summed E-state index contributed by atoms with van der Waals surface area (Å²) in [5.74, 6) is -0.254. The van der Waals surface area contributed by atoms with Gasteiger partial charge >= 0.3 is 5.69 Å². The Hall–Kier alpha value is -3.48. The van der Waals surface area contributed by atoms with E-state index in [4.69, 9.17) is 0 Å². The van der Waals surface area contributed by atoms with Gasteiger partial charge in [0.15, 0.2) is 0 Å². The molecule has 0 saturated heterocycles. The number of amides is 1. The van der Waals surface area contributed by atoms with E-state index in [1.54, 1.807) is 12.1 Å². The van der Waals surface area contributed by atoms with E-state index in [0.29, 0.717) is 18.0 Å². The van der Waals surface area contributed by atoms with Crippen LogP contribution < -0.4 is 16.6 Å². The van der Waals surface area contributed by atoms with Crippen LogP contribution in [0.15, 0.2) is 58.1 Å². The molecule has 1 atom stereocenters. The van der Waals surface area contributed by atoms with Crippen molar-refractivity contribution in [1.29, 1.82) is 0 Å². The van der Waals surface area contributed by atoms with Gasteiger partial charge in [0.25, 0.3) is 11.5 Å². The van der Waals surface area contributed by atoms with Gasteiger partial charge in [0.1, 0.15) is 0 Å². The molecule has 3 aromatic rings. The monoisotopic (exact) mass is 434 g/mol. The Bertz CT molecular complexity index is 1210. The van der Waals surface area contributed by atoms with E-state index in [0.717, 1.165) is 25.9 Å². The van der Waals surface area contributed by atoms with Crippen LogP contribution in [0.4, 0.5) is 0 Å². The van der Waals surface area contributed by atoms with Crippen molar-refractivity contribution in [1.82, 2.24) is 19.7 Å². The van der Waals surface area contributed by atoms with E-state index in [2.05, 4.69) is 24.3 Å². The molecule has 1 amide bonds. The van der Waals surface area contributed by atoms with Gasteiger partial charge in [-0.25, -0.2) is 4.79 Å².